The summed E-state index contributed by atoms with van der Waals surface area (Å²) in [6.07, 6.45) is 1.52. The van der Waals surface area contributed by atoms with Gasteiger partial charge in [0.2, 0.25) is 0 Å². The molecule has 1 fully saturated rings. The van der Waals surface area contributed by atoms with Crippen molar-refractivity contribution in [1.82, 2.24) is 29.8 Å². The lowest BCUT2D eigenvalue weighted by molar-refractivity contribution is 0.628. The summed E-state index contributed by atoms with van der Waals surface area (Å²) in [4.78, 5) is 13.0. The molecule has 1 saturated heterocycles. The quantitative estimate of drug-likeness (QED) is 0.677. The van der Waals surface area contributed by atoms with E-state index in [0.717, 1.165) is 48.9 Å². The van der Waals surface area contributed by atoms with Gasteiger partial charge in [0.25, 0.3) is 5.78 Å². The minimum absolute atomic E-state index is 0.606. The van der Waals surface area contributed by atoms with E-state index in [1.807, 2.05) is 26.8 Å². The van der Waals surface area contributed by atoms with Crippen molar-refractivity contribution in [2.24, 2.45) is 0 Å². The van der Waals surface area contributed by atoms with E-state index in [1.54, 1.807) is 4.52 Å². The highest BCUT2D eigenvalue weighted by Crippen LogP contribution is 2.24. The standard InChI is InChI=1S/C17H19N9/c1-11-8-15(26-17(21-11)19-10-20-26)24-4-6-25(7-5-24)16-14(9-18)12(2)13(3)22-23-16/h8,10H,4-7H2,1-3H3. The summed E-state index contributed by atoms with van der Waals surface area (Å²) in [5.41, 5.74) is 3.22. The molecular weight excluding hydrogens is 330 g/mol. The highest BCUT2D eigenvalue weighted by molar-refractivity contribution is 5.58. The van der Waals surface area contributed by atoms with Crippen molar-refractivity contribution in [2.45, 2.75) is 20.8 Å². The van der Waals surface area contributed by atoms with Crippen LogP contribution >= 0.6 is 0 Å². The van der Waals surface area contributed by atoms with Crippen molar-refractivity contribution in [1.29, 1.82) is 5.26 Å². The highest BCUT2D eigenvalue weighted by Gasteiger charge is 2.24. The fraction of sp³-hybridized carbons (Fsp3) is 0.412. The number of rotatable bonds is 2. The summed E-state index contributed by atoms with van der Waals surface area (Å²) in [7, 11) is 0. The Morgan fingerprint density at radius 3 is 2.50 bits per heavy atom. The number of hydrogen-bond donors (Lipinski definition) is 0. The zero-order chi connectivity index (χ0) is 18.3. The average Bonchev–Trinajstić information content (AvgIpc) is 3.11. The number of anilines is 2. The van der Waals surface area contributed by atoms with E-state index in [9.17, 15) is 5.26 Å². The van der Waals surface area contributed by atoms with E-state index in [0.29, 0.717) is 17.2 Å². The number of nitriles is 1. The van der Waals surface area contributed by atoms with Gasteiger partial charge in [-0.25, -0.2) is 4.98 Å². The van der Waals surface area contributed by atoms with Crippen LogP contribution in [0.3, 0.4) is 0 Å². The second-order valence-electron chi connectivity index (χ2n) is 6.42. The van der Waals surface area contributed by atoms with Crippen LogP contribution in [0.15, 0.2) is 12.4 Å². The third kappa shape index (κ3) is 2.60. The molecule has 0 saturated carbocycles. The Morgan fingerprint density at radius 1 is 1.04 bits per heavy atom. The number of aromatic nitrogens is 6. The maximum atomic E-state index is 9.53. The van der Waals surface area contributed by atoms with Crippen LogP contribution in [0.25, 0.3) is 5.78 Å². The predicted octanol–water partition coefficient (Wildman–Crippen LogP) is 1.04. The minimum atomic E-state index is 0.606. The van der Waals surface area contributed by atoms with Gasteiger partial charge in [0.1, 0.15) is 23.8 Å². The number of nitrogens with zero attached hydrogens (tertiary/aromatic N) is 9. The number of hydrogen-bond acceptors (Lipinski definition) is 8. The summed E-state index contributed by atoms with van der Waals surface area (Å²) < 4.78 is 1.76. The molecule has 0 atom stereocenters. The van der Waals surface area contributed by atoms with Crippen LogP contribution in [0.2, 0.25) is 0 Å². The van der Waals surface area contributed by atoms with Crippen LogP contribution in [0.4, 0.5) is 11.6 Å². The van der Waals surface area contributed by atoms with Crippen LogP contribution in [0, 0.1) is 32.1 Å². The topological polar surface area (TPSA) is 99.1 Å². The van der Waals surface area contributed by atoms with Crippen molar-refractivity contribution in [2.75, 3.05) is 36.0 Å². The van der Waals surface area contributed by atoms with Crippen molar-refractivity contribution >= 4 is 17.4 Å². The molecule has 0 aliphatic carbocycles. The maximum Gasteiger partial charge on any atom is 0.254 e. The van der Waals surface area contributed by atoms with Gasteiger partial charge in [0.05, 0.1) is 5.69 Å². The SMILES string of the molecule is Cc1cc(N2CCN(c3nnc(C)c(C)c3C#N)CC2)n2ncnc2n1. The van der Waals surface area contributed by atoms with E-state index >= 15 is 0 Å². The van der Waals surface area contributed by atoms with Crippen molar-refractivity contribution in [3.63, 3.8) is 0 Å². The van der Waals surface area contributed by atoms with Gasteiger partial charge in [0.15, 0.2) is 5.82 Å². The molecule has 1 aliphatic heterocycles. The Hall–Kier alpha value is -3.28. The second-order valence-corrected chi connectivity index (χ2v) is 6.42. The third-order valence-corrected chi connectivity index (χ3v) is 4.81. The highest BCUT2D eigenvalue weighted by atomic mass is 15.4. The molecule has 0 spiro atoms. The number of fused-ring (bicyclic) bond motifs is 1. The summed E-state index contributed by atoms with van der Waals surface area (Å²) >= 11 is 0. The molecule has 3 aromatic heterocycles. The van der Waals surface area contributed by atoms with E-state index < -0.39 is 0 Å². The van der Waals surface area contributed by atoms with Gasteiger partial charge in [-0.2, -0.15) is 25.0 Å². The first-order chi connectivity index (χ1) is 12.6. The van der Waals surface area contributed by atoms with Gasteiger partial charge in [-0.3, -0.25) is 0 Å². The lowest BCUT2D eigenvalue weighted by atomic mass is 10.1. The first-order valence-electron chi connectivity index (χ1n) is 8.49. The Balaban J connectivity index is 1.59. The minimum Gasteiger partial charge on any atom is -0.353 e. The molecule has 0 bridgehead atoms. The van der Waals surface area contributed by atoms with Gasteiger partial charge in [-0.15, -0.1) is 5.10 Å². The average molecular weight is 349 g/mol. The lowest BCUT2D eigenvalue weighted by Crippen LogP contribution is -2.47. The smallest absolute Gasteiger partial charge is 0.254 e. The number of aryl methyl sites for hydroxylation is 2. The second kappa shape index (κ2) is 6.22. The van der Waals surface area contributed by atoms with Crippen molar-refractivity contribution < 1.29 is 0 Å². The largest absolute Gasteiger partial charge is 0.353 e. The van der Waals surface area contributed by atoms with Gasteiger partial charge >= 0.3 is 0 Å². The first kappa shape index (κ1) is 16.2. The molecule has 132 valence electrons. The molecular formula is C17H19N9. The molecule has 0 amide bonds. The Morgan fingerprint density at radius 2 is 1.77 bits per heavy atom. The zero-order valence-corrected chi connectivity index (χ0v) is 15.0. The van der Waals surface area contributed by atoms with Crippen LogP contribution in [0.5, 0.6) is 0 Å². The van der Waals surface area contributed by atoms with Crippen molar-refractivity contribution in [3.05, 3.63) is 34.9 Å². The van der Waals surface area contributed by atoms with Crippen molar-refractivity contribution in [3.8, 4) is 6.07 Å². The number of piperazine rings is 1. The molecule has 1 aliphatic rings. The predicted molar refractivity (Wildman–Crippen MR) is 96.2 cm³/mol. The molecule has 0 radical (unpaired) electrons. The maximum absolute atomic E-state index is 9.53. The molecule has 4 heterocycles. The Labute approximate surface area is 150 Å². The zero-order valence-electron chi connectivity index (χ0n) is 15.0. The summed E-state index contributed by atoms with van der Waals surface area (Å²) in [6, 6.07) is 4.31. The van der Waals surface area contributed by atoms with E-state index in [2.05, 4.69) is 41.1 Å². The molecule has 0 unspecified atom stereocenters. The molecule has 26 heavy (non-hydrogen) atoms. The molecule has 4 rings (SSSR count). The van der Waals surface area contributed by atoms with Crippen LogP contribution in [-0.2, 0) is 0 Å². The molecule has 9 heteroatoms. The van der Waals surface area contributed by atoms with Gasteiger partial charge in [0, 0.05) is 37.9 Å². The summed E-state index contributed by atoms with van der Waals surface area (Å²) in [5, 5.41) is 22.3. The fourth-order valence-electron chi connectivity index (χ4n) is 3.24. The van der Waals surface area contributed by atoms with Gasteiger partial charge < -0.3 is 9.80 Å². The van der Waals surface area contributed by atoms with Gasteiger partial charge in [-0.05, 0) is 26.3 Å². The summed E-state index contributed by atoms with van der Waals surface area (Å²) in [6.45, 7) is 8.84. The lowest BCUT2D eigenvalue weighted by Gasteiger charge is -2.36. The van der Waals surface area contributed by atoms with E-state index in [4.69, 9.17) is 0 Å². The molecule has 0 N–H and O–H groups in total. The third-order valence-electron chi connectivity index (χ3n) is 4.81. The van der Waals surface area contributed by atoms with Crippen LogP contribution in [-0.4, -0.2) is 56.0 Å². The Kier molecular flexibility index (Phi) is 3.88. The first-order valence-corrected chi connectivity index (χ1v) is 8.49. The van der Waals surface area contributed by atoms with Crippen LogP contribution < -0.4 is 9.80 Å². The normalized spacial score (nSPS) is 14.7. The monoisotopic (exact) mass is 349 g/mol. The summed E-state index contributed by atoms with van der Waals surface area (Å²) in [5.74, 6) is 2.26. The molecule has 0 aromatic carbocycles. The van der Waals surface area contributed by atoms with E-state index in [-0.39, 0.29) is 0 Å². The van der Waals surface area contributed by atoms with E-state index in [1.165, 1.54) is 6.33 Å². The fourth-order valence-corrected chi connectivity index (χ4v) is 3.24. The van der Waals surface area contributed by atoms with Gasteiger partial charge in [-0.1, -0.05) is 0 Å². The molecule has 9 nitrogen and oxygen atoms in total. The Bertz CT molecular complexity index is 1010. The molecule has 3 aromatic rings. The van der Waals surface area contributed by atoms with Crippen LogP contribution in [0.1, 0.15) is 22.5 Å².